The van der Waals surface area contributed by atoms with E-state index in [1.54, 1.807) is 30.0 Å². The zero-order chi connectivity index (χ0) is 16.4. The van der Waals surface area contributed by atoms with Crippen molar-refractivity contribution in [2.75, 3.05) is 37.6 Å². The molecule has 5 nitrogen and oxygen atoms in total. The summed E-state index contributed by atoms with van der Waals surface area (Å²) in [4.78, 5) is 29.8. The molecule has 124 valence electrons. The maximum Gasteiger partial charge on any atom is 0.244 e. The van der Waals surface area contributed by atoms with Crippen LogP contribution in [0.5, 0.6) is 0 Å². The van der Waals surface area contributed by atoms with Crippen molar-refractivity contribution in [1.29, 1.82) is 0 Å². The predicted molar refractivity (Wildman–Crippen MR) is 85.6 cm³/mol. The van der Waals surface area contributed by atoms with E-state index < -0.39 is 0 Å². The Kier molecular flexibility index (Phi) is 4.61. The van der Waals surface area contributed by atoms with E-state index in [0.717, 1.165) is 19.5 Å². The lowest BCUT2D eigenvalue weighted by atomic mass is 10.2. The van der Waals surface area contributed by atoms with Gasteiger partial charge in [0.2, 0.25) is 11.8 Å². The molecule has 0 unspecified atom stereocenters. The van der Waals surface area contributed by atoms with E-state index in [0.29, 0.717) is 31.7 Å². The molecule has 1 aromatic carbocycles. The van der Waals surface area contributed by atoms with Crippen LogP contribution >= 0.6 is 0 Å². The summed E-state index contributed by atoms with van der Waals surface area (Å²) in [5.41, 5.74) is 0.361. The minimum atomic E-state index is -0.361. The van der Waals surface area contributed by atoms with Crippen molar-refractivity contribution in [3.05, 3.63) is 30.1 Å². The van der Waals surface area contributed by atoms with Gasteiger partial charge in [0, 0.05) is 39.6 Å². The van der Waals surface area contributed by atoms with Gasteiger partial charge in [-0.05, 0) is 25.0 Å². The van der Waals surface area contributed by atoms with E-state index in [9.17, 15) is 14.0 Å². The molecule has 2 saturated heterocycles. The van der Waals surface area contributed by atoms with Gasteiger partial charge in [0.05, 0.1) is 11.7 Å². The second kappa shape index (κ2) is 6.66. The first-order valence-electron chi connectivity index (χ1n) is 8.13. The second-order valence-electron chi connectivity index (χ2n) is 6.14. The average molecular weight is 319 g/mol. The zero-order valence-electron chi connectivity index (χ0n) is 13.4. The van der Waals surface area contributed by atoms with Gasteiger partial charge in [0.1, 0.15) is 5.82 Å². The summed E-state index contributed by atoms with van der Waals surface area (Å²) in [5.74, 6) is -0.316. The summed E-state index contributed by atoms with van der Waals surface area (Å²) >= 11 is 0. The number of halogens is 1. The fourth-order valence-electron chi connectivity index (χ4n) is 3.48. The van der Waals surface area contributed by atoms with Gasteiger partial charge in [-0.2, -0.15) is 0 Å². The highest BCUT2D eigenvalue weighted by Gasteiger charge is 2.38. The Morgan fingerprint density at radius 3 is 2.65 bits per heavy atom. The van der Waals surface area contributed by atoms with Gasteiger partial charge in [-0.3, -0.25) is 14.5 Å². The first-order valence-corrected chi connectivity index (χ1v) is 8.13. The number of carbonyl (C=O) groups is 2. The van der Waals surface area contributed by atoms with E-state index in [-0.39, 0.29) is 23.7 Å². The first kappa shape index (κ1) is 15.9. The van der Waals surface area contributed by atoms with E-state index in [1.807, 2.05) is 4.90 Å². The van der Waals surface area contributed by atoms with Crippen molar-refractivity contribution in [1.82, 2.24) is 9.80 Å². The largest absolute Gasteiger partial charge is 0.342 e. The van der Waals surface area contributed by atoms with E-state index in [2.05, 4.69) is 4.90 Å². The third-order valence-electron chi connectivity index (χ3n) is 4.74. The summed E-state index contributed by atoms with van der Waals surface area (Å²) in [7, 11) is 0. The summed E-state index contributed by atoms with van der Waals surface area (Å²) in [6.07, 6.45) is 1.57. The zero-order valence-corrected chi connectivity index (χ0v) is 13.4. The average Bonchev–Trinajstić information content (AvgIpc) is 2.75. The van der Waals surface area contributed by atoms with E-state index >= 15 is 0 Å². The number of rotatable bonds is 2. The van der Waals surface area contributed by atoms with Gasteiger partial charge >= 0.3 is 0 Å². The number of hydrogen-bond donors (Lipinski definition) is 0. The van der Waals surface area contributed by atoms with Gasteiger partial charge < -0.3 is 9.80 Å². The van der Waals surface area contributed by atoms with Crippen LogP contribution in [0, 0.1) is 5.82 Å². The van der Waals surface area contributed by atoms with E-state index in [1.165, 1.54) is 6.07 Å². The van der Waals surface area contributed by atoms with E-state index in [4.69, 9.17) is 0 Å². The molecule has 0 spiro atoms. The normalized spacial score (nSPS) is 23.2. The topological polar surface area (TPSA) is 43.9 Å². The molecule has 23 heavy (non-hydrogen) atoms. The molecule has 0 bridgehead atoms. The number of benzene rings is 1. The Morgan fingerprint density at radius 2 is 1.91 bits per heavy atom. The molecular weight excluding hydrogens is 297 g/mol. The fourth-order valence-corrected chi connectivity index (χ4v) is 3.48. The number of amides is 2. The van der Waals surface area contributed by atoms with Crippen molar-refractivity contribution in [3.63, 3.8) is 0 Å². The van der Waals surface area contributed by atoms with Crippen molar-refractivity contribution in [2.24, 2.45) is 0 Å². The minimum Gasteiger partial charge on any atom is -0.342 e. The third kappa shape index (κ3) is 3.22. The molecule has 3 rings (SSSR count). The third-order valence-corrected chi connectivity index (χ3v) is 4.74. The predicted octanol–water partition coefficient (Wildman–Crippen LogP) is 1.49. The molecule has 2 heterocycles. The fraction of sp³-hybridized carbons (Fsp3) is 0.529. The number of anilines is 1. The number of nitrogens with zero attached hydrogens (tertiary/aromatic N) is 3. The summed E-state index contributed by atoms with van der Waals surface area (Å²) in [6.45, 7) is 5.00. The number of hydrogen-bond acceptors (Lipinski definition) is 3. The lowest BCUT2D eigenvalue weighted by molar-refractivity contribution is -0.128. The van der Waals surface area contributed by atoms with Crippen LogP contribution in [0.3, 0.4) is 0 Å². The Bertz CT molecular complexity index is 607. The molecule has 0 radical (unpaired) electrons. The highest BCUT2D eigenvalue weighted by atomic mass is 19.1. The highest BCUT2D eigenvalue weighted by molar-refractivity contribution is 5.99. The molecule has 2 aliphatic rings. The van der Waals surface area contributed by atoms with Crippen LogP contribution in [0.2, 0.25) is 0 Å². The Labute approximate surface area is 135 Å². The lowest BCUT2D eigenvalue weighted by Crippen LogP contribution is -2.44. The van der Waals surface area contributed by atoms with Gasteiger partial charge in [-0.1, -0.05) is 12.1 Å². The number of para-hydroxylation sites is 1. The molecule has 2 aliphatic heterocycles. The molecule has 2 fully saturated rings. The lowest BCUT2D eigenvalue weighted by Gasteiger charge is -2.26. The quantitative estimate of drug-likeness (QED) is 0.829. The van der Waals surface area contributed by atoms with Gasteiger partial charge in [0.15, 0.2) is 0 Å². The molecule has 6 heteroatoms. The van der Waals surface area contributed by atoms with Crippen LogP contribution in [0.25, 0.3) is 0 Å². The molecule has 1 aromatic rings. The molecular formula is C17H22FN3O2. The first-order chi connectivity index (χ1) is 11.1. The maximum absolute atomic E-state index is 13.9. The van der Waals surface area contributed by atoms with Gasteiger partial charge in [-0.15, -0.1) is 0 Å². The van der Waals surface area contributed by atoms with Crippen LogP contribution in [0.1, 0.15) is 19.8 Å². The molecule has 0 aliphatic carbocycles. The summed E-state index contributed by atoms with van der Waals surface area (Å²) in [6, 6.07) is 6.20. The molecule has 0 N–H and O–H groups in total. The van der Waals surface area contributed by atoms with Gasteiger partial charge in [0.25, 0.3) is 0 Å². The smallest absolute Gasteiger partial charge is 0.244 e. The maximum atomic E-state index is 13.9. The SMILES string of the molecule is CC(=O)N1CCCN([C@@H]2CCN(c3ccccc3F)C2=O)CC1. The van der Waals surface area contributed by atoms with Crippen LogP contribution in [-0.2, 0) is 9.59 Å². The van der Waals surface area contributed by atoms with Crippen LogP contribution in [0.15, 0.2) is 24.3 Å². The Balaban J connectivity index is 1.70. The molecule has 2 amide bonds. The molecule has 1 atom stereocenters. The number of carbonyl (C=O) groups excluding carboxylic acids is 2. The molecule has 0 aromatic heterocycles. The van der Waals surface area contributed by atoms with Gasteiger partial charge in [-0.25, -0.2) is 4.39 Å². The van der Waals surface area contributed by atoms with Crippen LogP contribution in [0.4, 0.5) is 10.1 Å². The van der Waals surface area contributed by atoms with Crippen molar-refractivity contribution in [3.8, 4) is 0 Å². The van der Waals surface area contributed by atoms with Crippen molar-refractivity contribution >= 4 is 17.5 Å². The van der Waals surface area contributed by atoms with Crippen LogP contribution in [-0.4, -0.2) is 60.4 Å². The van der Waals surface area contributed by atoms with Crippen LogP contribution < -0.4 is 4.90 Å². The highest BCUT2D eigenvalue weighted by Crippen LogP contribution is 2.27. The second-order valence-corrected chi connectivity index (χ2v) is 6.14. The monoisotopic (exact) mass is 319 g/mol. The van der Waals surface area contributed by atoms with Crippen molar-refractivity contribution < 1.29 is 14.0 Å². The Morgan fingerprint density at radius 1 is 1.13 bits per heavy atom. The molecule has 0 saturated carbocycles. The summed E-state index contributed by atoms with van der Waals surface area (Å²) in [5, 5.41) is 0. The Hall–Kier alpha value is -1.95. The van der Waals surface area contributed by atoms with Crippen molar-refractivity contribution in [2.45, 2.75) is 25.8 Å². The standard InChI is InChI=1S/C17H22FN3O2/c1-13(22)19-8-4-9-20(12-11-19)16-7-10-21(17(16)23)15-6-3-2-5-14(15)18/h2-3,5-6,16H,4,7-12H2,1H3/t16-/m1/s1. The minimum absolute atomic E-state index is 0.0358. The summed E-state index contributed by atoms with van der Waals surface area (Å²) < 4.78 is 13.9.